The number of imide groups is 2. The molecule has 4 aliphatic rings. The van der Waals surface area contributed by atoms with Gasteiger partial charge < -0.3 is 5.11 Å². The van der Waals surface area contributed by atoms with Crippen LogP contribution in [0, 0.1) is 17.8 Å². The van der Waals surface area contributed by atoms with Gasteiger partial charge in [-0.25, -0.2) is 0 Å². The number of benzene rings is 1. The van der Waals surface area contributed by atoms with Gasteiger partial charge in [0.15, 0.2) is 9.75 Å². The second kappa shape index (κ2) is 7.95. The smallest absolute Gasteiger partial charge is 0.254 e. The van der Waals surface area contributed by atoms with Gasteiger partial charge in [-0.05, 0) is 43.9 Å². The lowest BCUT2D eigenvalue weighted by Gasteiger charge is -2.50. The van der Waals surface area contributed by atoms with Gasteiger partial charge in [0.05, 0.1) is 17.3 Å². The minimum Gasteiger partial charge on any atom is -0.508 e. The number of hydrogen-bond acceptors (Lipinski definition) is 5. The molecular formula is C23H20BrCl3N2O5. The highest BCUT2D eigenvalue weighted by atomic mass is 79.9. The predicted octanol–water partition coefficient (Wildman–Crippen LogP) is 3.78. The van der Waals surface area contributed by atoms with E-state index in [4.69, 9.17) is 34.8 Å². The fourth-order valence-corrected chi connectivity index (χ4v) is 7.83. The number of allylic oxidation sites excluding steroid dienone is 2. The van der Waals surface area contributed by atoms with Crippen molar-refractivity contribution in [1.82, 2.24) is 9.80 Å². The van der Waals surface area contributed by atoms with Crippen molar-refractivity contribution in [2.45, 2.75) is 35.4 Å². The molecule has 180 valence electrons. The van der Waals surface area contributed by atoms with Crippen LogP contribution in [0.4, 0.5) is 0 Å². The van der Waals surface area contributed by atoms with Crippen LogP contribution in [0.3, 0.4) is 0 Å². The van der Waals surface area contributed by atoms with Crippen molar-refractivity contribution < 1.29 is 24.3 Å². The molecule has 7 nitrogen and oxygen atoms in total. The SMILES string of the molecule is CCN1C(=O)C2CC=C3C(CC4(Cl)C(=O)N(CBr)C(=O)C4(Cl)C3c3cc(Cl)ccc3O)C2C1=O. The monoisotopic (exact) mass is 588 g/mol. The van der Waals surface area contributed by atoms with Crippen LogP contribution < -0.4 is 0 Å². The number of amides is 4. The lowest BCUT2D eigenvalue weighted by atomic mass is 9.56. The number of carbonyl (C=O) groups is 4. The quantitative estimate of drug-likeness (QED) is 0.250. The number of aromatic hydroxyl groups is 1. The Labute approximate surface area is 219 Å². The van der Waals surface area contributed by atoms with Crippen LogP contribution in [0.2, 0.25) is 5.02 Å². The number of nitrogens with zero attached hydrogens (tertiary/aromatic N) is 2. The molecule has 1 aromatic carbocycles. The van der Waals surface area contributed by atoms with Gasteiger partial charge in [0, 0.05) is 23.0 Å². The Hall–Kier alpha value is -1.61. The first-order valence-electron chi connectivity index (χ1n) is 10.9. The number of hydrogen-bond donors (Lipinski definition) is 1. The fourth-order valence-electron chi connectivity index (χ4n) is 6.23. The average molecular weight is 591 g/mol. The number of fused-ring (bicyclic) bond motifs is 4. The average Bonchev–Trinajstić information content (AvgIpc) is 3.13. The van der Waals surface area contributed by atoms with Crippen LogP contribution >= 0.6 is 50.7 Å². The molecule has 2 saturated heterocycles. The Bertz CT molecular complexity index is 1190. The third-order valence-corrected chi connectivity index (χ3v) is 9.87. The summed E-state index contributed by atoms with van der Waals surface area (Å²) in [4.78, 5) is 51.6. The molecule has 0 spiro atoms. The Morgan fingerprint density at radius 3 is 2.44 bits per heavy atom. The van der Waals surface area contributed by atoms with Crippen molar-refractivity contribution in [2.24, 2.45) is 17.8 Å². The molecule has 5 rings (SSSR count). The molecule has 2 heterocycles. The van der Waals surface area contributed by atoms with E-state index in [2.05, 4.69) is 15.9 Å². The van der Waals surface area contributed by atoms with Crippen LogP contribution in [-0.2, 0) is 19.2 Å². The number of carbonyl (C=O) groups excluding carboxylic acids is 4. The molecular weight excluding hydrogens is 571 g/mol. The molecule has 11 heteroatoms. The number of phenolic OH excluding ortho intramolecular Hbond substituents is 1. The van der Waals surface area contributed by atoms with Crippen molar-refractivity contribution in [3.05, 3.63) is 40.4 Å². The number of likely N-dealkylation sites (tertiary alicyclic amines) is 2. The largest absolute Gasteiger partial charge is 0.508 e. The summed E-state index contributed by atoms with van der Waals surface area (Å²) in [7, 11) is 0. The molecule has 4 amide bonds. The Morgan fingerprint density at radius 1 is 1.09 bits per heavy atom. The highest BCUT2D eigenvalue weighted by Crippen LogP contribution is 2.66. The van der Waals surface area contributed by atoms with Crippen LogP contribution in [0.1, 0.15) is 31.2 Å². The summed E-state index contributed by atoms with van der Waals surface area (Å²) in [5, 5.41) is 11.1. The van der Waals surface area contributed by atoms with E-state index in [1.54, 1.807) is 6.92 Å². The zero-order valence-electron chi connectivity index (χ0n) is 17.9. The Balaban J connectivity index is 1.76. The molecule has 34 heavy (non-hydrogen) atoms. The molecule has 1 saturated carbocycles. The first-order valence-corrected chi connectivity index (χ1v) is 13.1. The maximum Gasteiger partial charge on any atom is 0.254 e. The highest BCUT2D eigenvalue weighted by molar-refractivity contribution is 9.09. The molecule has 0 bridgehead atoms. The summed E-state index contributed by atoms with van der Waals surface area (Å²) in [6.07, 6.45) is 2.01. The lowest BCUT2D eigenvalue weighted by molar-refractivity contribution is -0.141. The zero-order chi connectivity index (χ0) is 24.7. The minimum atomic E-state index is -1.97. The number of alkyl halides is 3. The van der Waals surface area contributed by atoms with E-state index in [0.29, 0.717) is 10.6 Å². The van der Waals surface area contributed by atoms with Crippen molar-refractivity contribution >= 4 is 74.4 Å². The van der Waals surface area contributed by atoms with E-state index >= 15 is 0 Å². The Morgan fingerprint density at radius 2 is 1.79 bits per heavy atom. The number of halogens is 4. The standard InChI is InChI=1S/C23H20BrCl3N2O5/c1-2-28-18(31)12-5-4-11-14(16(12)19(28)32)8-22(26)20(33)29(9-24)21(34)23(22,27)17(11)13-7-10(25)3-6-15(13)30/h3-4,6-7,12,14,16-17,30H,2,5,8-9H2,1H3. The van der Waals surface area contributed by atoms with Crippen molar-refractivity contribution in [2.75, 3.05) is 12.0 Å². The third-order valence-electron chi connectivity index (χ3n) is 7.72. The van der Waals surface area contributed by atoms with Gasteiger partial charge in [0.25, 0.3) is 11.8 Å². The topological polar surface area (TPSA) is 95.0 Å². The molecule has 2 aliphatic heterocycles. The summed E-state index contributed by atoms with van der Waals surface area (Å²) in [6, 6.07) is 4.37. The molecule has 1 aromatic rings. The molecule has 1 N–H and O–H groups in total. The van der Waals surface area contributed by atoms with Gasteiger partial charge in [-0.2, -0.15) is 0 Å². The zero-order valence-corrected chi connectivity index (χ0v) is 21.8. The molecule has 6 atom stereocenters. The maximum atomic E-state index is 13.6. The normalized spacial score (nSPS) is 37.0. The van der Waals surface area contributed by atoms with Gasteiger partial charge >= 0.3 is 0 Å². The third kappa shape index (κ3) is 2.83. The second-order valence-corrected chi connectivity index (χ2v) is 11.3. The van der Waals surface area contributed by atoms with E-state index in [1.807, 2.05) is 6.08 Å². The minimum absolute atomic E-state index is 0.0898. The molecule has 0 aromatic heterocycles. The molecule has 0 radical (unpaired) electrons. The lowest BCUT2D eigenvalue weighted by Crippen LogP contribution is -2.60. The summed E-state index contributed by atoms with van der Waals surface area (Å²) in [6.45, 7) is 1.97. The van der Waals surface area contributed by atoms with Gasteiger partial charge in [0.2, 0.25) is 11.8 Å². The Kier molecular flexibility index (Phi) is 5.63. The van der Waals surface area contributed by atoms with Crippen LogP contribution in [-0.4, -0.2) is 60.3 Å². The van der Waals surface area contributed by atoms with Crippen molar-refractivity contribution in [3.63, 3.8) is 0 Å². The number of phenols is 1. The summed E-state index contributed by atoms with van der Waals surface area (Å²) in [5.74, 6) is -5.07. The number of rotatable bonds is 3. The van der Waals surface area contributed by atoms with E-state index < -0.39 is 45.2 Å². The first-order chi connectivity index (χ1) is 16.0. The van der Waals surface area contributed by atoms with Crippen LogP contribution in [0.15, 0.2) is 29.8 Å². The van der Waals surface area contributed by atoms with Gasteiger partial charge in [-0.15, -0.1) is 23.2 Å². The highest BCUT2D eigenvalue weighted by Gasteiger charge is 2.76. The summed E-state index contributed by atoms with van der Waals surface area (Å²) >= 11 is 23.6. The van der Waals surface area contributed by atoms with Gasteiger partial charge in [-0.3, -0.25) is 29.0 Å². The molecule has 6 unspecified atom stereocenters. The fraction of sp³-hybridized carbons (Fsp3) is 0.478. The van der Waals surface area contributed by atoms with E-state index in [1.165, 1.54) is 23.1 Å². The van der Waals surface area contributed by atoms with Crippen LogP contribution in [0.25, 0.3) is 0 Å². The van der Waals surface area contributed by atoms with Crippen molar-refractivity contribution in [1.29, 1.82) is 0 Å². The second-order valence-electron chi connectivity index (χ2n) is 9.11. The summed E-state index contributed by atoms with van der Waals surface area (Å²) < 4.78 is 0. The summed E-state index contributed by atoms with van der Waals surface area (Å²) in [5.41, 5.74) is 0.740. The predicted molar refractivity (Wildman–Crippen MR) is 129 cm³/mol. The van der Waals surface area contributed by atoms with E-state index in [0.717, 1.165) is 4.90 Å². The van der Waals surface area contributed by atoms with Gasteiger partial charge in [0.1, 0.15) is 5.75 Å². The molecule has 3 fully saturated rings. The first kappa shape index (κ1) is 24.1. The van der Waals surface area contributed by atoms with Crippen molar-refractivity contribution in [3.8, 4) is 5.75 Å². The molecule has 2 aliphatic carbocycles. The van der Waals surface area contributed by atoms with Gasteiger partial charge in [-0.1, -0.05) is 39.2 Å². The maximum absolute atomic E-state index is 13.6. The van der Waals surface area contributed by atoms with E-state index in [-0.39, 0.29) is 48.0 Å². The van der Waals surface area contributed by atoms with E-state index in [9.17, 15) is 24.3 Å². The van der Waals surface area contributed by atoms with Crippen LogP contribution in [0.5, 0.6) is 5.75 Å².